The van der Waals surface area contributed by atoms with E-state index in [1.807, 2.05) is 18.2 Å². The van der Waals surface area contributed by atoms with Crippen LogP contribution in [-0.4, -0.2) is 35.8 Å². The second-order valence-corrected chi connectivity index (χ2v) is 6.52. The zero-order valence-electron chi connectivity index (χ0n) is 13.2. The molecule has 1 aliphatic carbocycles. The average Bonchev–Trinajstić information content (AvgIpc) is 2.55. The Morgan fingerprint density at radius 3 is 2.95 bits per heavy atom. The summed E-state index contributed by atoms with van der Waals surface area (Å²) in [5, 5.41) is 20.3. The van der Waals surface area contributed by atoms with Crippen molar-refractivity contribution in [2.45, 2.75) is 43.7 Å². The molecule has 3 atom stereocenters. The number of hydrogen-bond donors (Lipinski definition) is 1. The maximum Gasteiger partial charge on any atom is 0.123 e. The minimum Gasteiger partial charge on any atom is -0.496 e. The van der Waals surface area contributed by atoms with Gasteiger partial charge in [-0.3, -0.25) is 4.90 Å². The number of methoxy groups -OCH3 is 1. The van der Waals surface area contributed by atoms with E-state index < -0.39 is 5.60 Å². The summed E-state index contributed by atoms with van der Waals surface area (Å²) in [7, 11) is 1.68. The van der Waals surface area contributed by atoms with Crippen LogP contribution in [0.2, 0.25) is 0 Å². The minimum atomic E-state index is -0.588. The Morgan fingerprint density at radius 1 is 1.36 bits per heavy atom. The number of benzene rings is 1. The van der Waals surface area contributed by atoms with Crippen LogP contribution in [0.25, 0.3) is 0 Å². The summed E-state index contributed by atoms with van der Waals surface area (Å²) in [6, 6.07) is 10.4. The van der Waals surface area contributed by atoms with Crippen molar-refractivity contribution in [1.29, 1.82) is 5.26 Å². The molecule has 1 aromatic carbocycles. The number of hydrogen-bond acceptors (Lipinski definition) is 4. The first-order valence-electron chi connectivity index (χ1n) is 8.16. The molecule has 4 heteroatoms. The number of fused-ring (bicyclic) bond motifs is 1. The highest BCUT2D eigenvalue weighted by Gasteiger charge is 2.49. The fraction of sp³-hybridized carbons (Fsp3) is 0.611. The summed E-state index contributed by atoms with van der Waals surface area (Å²) < 4.78 is 5.55. The van der Waals surface area contributed by atoms with Crippen molar-refractivity contribution in [1.82, 2.24) is 4.90 Å². The lowest BCUT2D eigenvalue weighted by Gasteiger charge is -2.52. The van der Waals surface area contributed by atoms with Crippen LogP contribution in [0.3, 0.4) is 0 Å². The van der Waals surface area contributed by atoms with Crippen LogP contribution in [0.15, 0.2) is 24.3 Å². The Hall–Kier alpha value is -1.57. The Balaban J connectivity index is 2.03. The molecule has 3 rings (SSSR count). The number of nitrogens with zero attached hydrogens (tertiary/aromatic N) is 2. The maximum atomic E-state index is 11.1. The summed E-state index contributed by atoms with van der Waals surface area (Å²) in [6.07, 6.45) is 4.92. The first-order chi connectivity index (χ1) is 10.7. The van der Waals surface area contributed by atoms with Crippen LogP contribution < -0.4 is 4.74 Å². The minimum absolute atomic E-state index is 0.0647. The molecule has 22 heavy (non-hydrogen) atoms. The SMILES string of the molecule is COc1ccccc1C1C2CCCCC2(O)CCN1CC#N. The second-order valence-electron chi connectivity index (χ2n) is 6.52. The first-order valence-corrected chi connectivity index (χ1v) is 8.16. The maximum absolute atomic E-state index is 11.1. The van der Waals surface area contributed by atoms with Gasteiger partial charge in [0.25, 0.3) is 0 Å². The smallest absolute Gasteiger partial charge is 0.123 e. The molecule has 0 amide bonds. The van der Waals surface area contributed by atoms with Gasteiger partial charge in [-0.25, -0.2) is 0 Å². The summed E-state index contributed by atoms with van der Waals surface area (Å²) >= 11 is 0. The third-order valence-corrected chi connectivity index (χ3v) is 5.40. The van der Waals surface area contributed by atoms with Gasteiger partial charge in [0.2, 0.25) is 0 Å². The number of ether oxygens (including phenoxy) is 1. The zero-order chi connectivity index (χ0) is 15.6. The zero-order valence-corrected chi connectivity index (χ0v) is 13.2. The van der Waals surface area contributed by atoms with Gasteiger partial charge in [-0.2, -0.15) is 5.26 Å². The highest BCUT2D eigenvalue weighted by atomic mass is 16.5. The lowest BCUT2D eigenvalue weighted by molar-refractivity contribution is -0.122. The van der Waals surface area contributed by atoms with Gasteiger partial charge in [-0.15, -0.1) is 0 Å². The van der Waals surface area contributed by atoms with Gasteiger partial charge in [0.1, 0.15) is 5.75 Å². The largest absolute Gasteiger partial charge is 0.496 e. The molecule has 2 aliphatic rings. The summed E-state index contributed by atoms with van der Waals surface area (Å²) in [5.41, 5.74) is 0.515. The molecular weight excluding hydrogens is 276 g/mol. The average molecular weight is 300 g/mol. The van der Waals surface area contributed by atoms with E-state index in [0.717, 1.165) is 50.0 Å². The van der Waals surface area contributed by atoms with Crippen molar-refractivity contribution in [2.24, 2.45) is 5.92 Å². The molecule has 0 radical (unpaired) electrons. The van der Waals surface area contributed by atoms with Crippen LogP contribution in [0.5, 0.6) is 5.75 Å². The molecule has 1 saturated heterocycles. The van der Waals surface area contributed by atoms with E-state index in [4.69, 9.17) is 4.74 Å². The van der Waals surface area contributed by atoms with Gasteiger partial charge in [-0.1, -0.05) is 31.0 Å². The molecule has 118 valence electrons. The molecule has 1 heterocycles. The van der Waals surface area contributed by atoms with Gasteiger partial charge in [0, 0.05) is 24.1 Å². The summed E-state index contributed by atoms with van der Waals surface area (Å²) in [5.74, 6) is 1.03. The Bertz CT molecular complexity index is 568. The van der Waals surface area contributed by atoms with Crippen LogP contribution in [0.1, 0.15) is 43.7 Å². The van der Waals surface area contributed by atoms with Gasteiger partial charge >= 0.3 is 0 Å². The lowest BCUT2D eigenvalue weighted by atomic mass is 9.66. The molecular formula is C18H24N2O2. The Labute approximate surface area is 132 Å². The molecule has 1 aliphatic heterocycles. The van der Waals surface area contributed by atoms with E-state index in [9.17, 15) is 10.4 Å². The lowest BCUT2D eigenvalue weighted by Crippen LogP contribution is -2.54. The first kappa shape index (κ1) is 15.3. The van der Waals surface area contributed by atoms with Crippen molar-refractivity contribution in [2.75, 3.05) is 20.2 Å². The number of piperidine rings is 1. The molecule has 4 nitrogen and oxygen atoms in total. The third-order valence-electron chi connectivity index (χ3n) is 5.40. The fourth-order valence-electron chi connectivity index (χ4n) is 4.33. The van der Waals surface area contributed by atoms with E-state index in [0.29, 0.717) is 6.54 Å². The number of rotatable bonds is 3. The third kappa shape index (κ3) is 2.60. The van der Waals surface area contributed by atoms with E-state index in [1.54, 1.807) is 7.11 Å². The molecule has 1 saturated carbocycles. The van der Waals surface area contributed by atoms with Crippen molar-refractivity contribution in [3.05, 3.63) is 29.8 Å². The Morgan fingerprint density at radius 2 is 2.18 bits per heavy atom. The van der Waals surface area contributed by atoms with E-state index in [1.165, 1.54) is 0 Å². The number of para-hydroxylation sites is 1. The molecule has 3 unspecified atom stereocenters. The molecule has 0 spiro atoms. The van der Waals surface area contributed by atoms with Crippen LogP contribution in [0.4, 0.5) is 0 Å². The van der Waals surface area contributed by atoms with Crippen LogP contribution in [-0.2, 0) is 0 Å². The van der Waals surface area contributed by atoms with E-state index >= 15 is 0 Å². The topological polar surface area (TPSA) is 56.5 Å². The van der Waals surface area contributed by atoms with Crippen molar-refractivity contribution in [3.63, 3.8) is 0 Å². The van der Waals surface area contributed by atoms with Crippen LogP contribution >= 0.6 is 0 Å². The standard InChI is InChI=1S/C18H24N2O2/c1-22-16-8-3-2-6-14(16)17-15-7-4-5-9-18(15,21)10-12-20(17)13-11-19/h2-3,6,8,15,17,21H,4-5,7,9-10,12-13H2,1H3. The number of likely N-dealkylation sites (tertiary alicyclic amines) is 1. The molecule has 0 aromatic heterocycles. The normalized spacial score (nSPS) is 32.0. The molecule has 1 N–H and O–H groups in total. The molecule has 1 aromatic rings. The summed E-state index contributed by atoms with van der Waals surface area (Å²) in [6.45, 7) is 1.17. The Kier molecular flexibility index (Phi) is 4.37. The number of nitriles is 1. The second kappa shape index (κ2) is 6.28. The van der Waals surface area contributed by atoms with Gasteiger partial charge in [-0.05, 0) is 25.3 Å². The highest BCUT2D eigenvalue weighted by Crippen LogP contribution is 2.50. The van der Waals surface area contributed by atoms with Gasteiger partial charge in [0.05, 0.1) is 25.3 Å². The predicted octanol–water partition coefficient (Wildman–Crippen LogP) is 2.89. The van der Waals surface area contributed by atoms with Crippen molar-refractivity contribution < 1.29 is 9.84 Å². The fourth-order valence-corrected chi connectivity index (χ4v) is 4.33. The van der Waals surface area contributed by atoms with Gasteiger partial charge in [0.15, 0.2) is 0 Å². The predicted molar refractivity (Wildman–Crippen MR) is 84.4 cm³/mol. The summed E-state index contributed by atoms with van der Waals surface area (Å²) in [4.78, 5) is 2.21. The van der Waals surface area contributed by atoms with E-state index in [-0.39, 0.29) is 12.0 Å². The number of aliphatic hydroxyl groups is 1. The van der Waals surface area contributed by atoms with Crippen molar-refractivity contribution >= 4 is 0 Å². The van der Waals surface area contributed by atoms with Crippen molar-refractivity contribution in [3.8, 4) is 11.8 Å². The molecule has 2 fully saturated rings. The molecule has 0 bridgehead atoms. The van der Waals surface area contributed by atoms with E-state index in [2.05, 4.69) is 17.0 Å². The quantitative estimate of drug-likeness (QED) is 0.872. The van der Waals surface area contributed by atoms with Gasteiger partial charge < -0.3 is 9.84 Å². The monoisotopic (exact) mass is 300 g/mol. The highest BCUT2D eigenvalue weighted by molar-refractivity contribution is 5.37. The van der Waals surface area contributed by atoms with Crippen LogP contribution in [0, 0.1) is 17.2 Å².